The van der Waals surface area contributed by atoms with Gasteiger partial charge in [-0.3, -0.25) is 9.69 Å². The van der Waals surface area contributed by atoms with E-state index in [-0.39, 0.29) is 5.91 Å². The fourth-order valence-electron chi connectivity index (χ4n) is 2.89. The topological polar surface area (TPSA) is 32.7 Å². The van der Waals surface area contributed by atoms with Crippen LogP contribution in [0.5, 0.6) is 0 Å². The third-order valence-electron chi connectivity index (χ3n) is 4.16. The lowest BCUT2D eigenvalue weighted by molar-refractivity contribution is -0.113. The van der Waals surface area contributed by atoms with Gasteiger partial charge >= 0.3 is 0 Å². The predicted octanol–water partition coefficient (Wildman–Crippen LogP) is 6.94. The van der Waals surface area contributed by atoms with E-state index in [1.54, 1.807) is 16.2 Å². The zero-order valence-corrected chi connectivity index (χ0v) is 18.6. The van der Waals surface area contributed by atoms with Crippen LogP contribution < -0.4 is 4.90 Å². The van der Waals surface area contributed by atoms with Crippen LogP contribution in [0, 0.1) is 13.8 Å². The highest BCUT2D eigenvalue weighted by Crippen LogP contribution is 2.38. The monoisotopic (exact) mass is 468 g/mol. The van der Waals surface area contributed by atoms with E-state index in [0.29, 0.717) is 10.1 Å². The summed E-state index contributed by atoms with van der Waals surface area (Å²) < 4.78 is 1.04. The van der Waals surface area contributed by atoms with Crippen molar-refractivity contribution in [1.82, 2.24) is 0 Å². The number of amidine groups is 1. The van der Waals surface area contributed by atoms with Gasteiger partial charge in [-0.2, -0.15) is 0 Å². The summed E-state index contributed by atoms with van der Waals surface area (Å²) in [4.78, 5) is 21.4. The van der Waals surface area contributed by atoms with Crippen LogP contribution in [0.2, 0.25) is 0 Å². The smallest absolute Gasteiger partial charge is 0.268 e. The number of benzene rings is 2. The van der Waals surface area contributed by atoms with E-state index in [1.807, 2.05) is 80.6 Å². The normalized spacial score (nSPS) is 17.1. The molecule has 0 N–H and O–H groups in total. The van der Waals surface area contributed by atoms with Crippen LogP contribution in [0.4, 0.5) is 11.4 Å². The molecule has 0 saturated carbocycles. The van der Waals surface area contributed by atoms with E-state index in [9.17, 15) is 4.79 Å². The van der Waals surface area contributed by atoms with Crippen molar-refractivity contribution in [1.29, 1.82) is 0 Å². The van der Waals surface area contributed by atoms with Gasteiger partial charge in [0.1, 0.15) is 0 Å². The summed E-state index contributed by atoms with van der Waals surface area (Å²) in [5.41, 5.74) is 3.91. The number of hydrogen-bond acceptors (Lipinski definition) is 4. The molecular formula is C22H17BrN2OS2. The molecule has 2 heterocycles. The molecule has 1 saturated heterocycles. The fraction of sp³-hybridized carbons (Fsp3) is 0.0909. The zero-order valence-electron chi connectivity index (χ0n) is 15.3. The molecule has 140 valence electrons. The Morgan fingerprint density at radius 1 is 1.00 bits per heavy atom. The molecule has 0 bridgehead atoms. The Hall–Kier alpha value is -2.15. The second-order valence-electron chi connectivity index (χ2n) is 6.47. The van der Waals surface area contributed by atoms with Crippen LogP contribution in [0.25, 0.3) is 6.08 Å². The van der Waals surface area contributed by atoms with Crippen molar-refractivity contribution in [3.63, 3.8) is 0 Å². The number of thiophene rings is 1. The van der Waals surface area contributed by atoms with Crippen molar-refractivity contribution >= 4 is 67.6 Å². The molecular weight excluding hydrogens is 452 g/mol. The Morgan fingerprint density at radius 2 is 1.75 bits per heavy atom. The van der Waals surface area contributed by atoms with Gasteiger partial charge in [-0.1, -0.05) is 24.3 Å². The van der Waals surface area contributed by atoms with Crippen LogP contribution >= 0.6 is 39.0 Å². The minimum absolute atomic E-state index is 0.0495. The molecule has 1 aromatic heterocycles. The average molecular weight is 469 g/mol. The summed E-state index contributed by atoms with van der Waals surface area (Å²) in [6.07, 6.45) is 1.93. The number of aryl methyl sites for hydroxylation is 2. The first kappa shape index (κ1) is 19.2. The Morgan fingerprint density at radius 3 is 2.43 bits per heavy atom. The Balaban J connectivity index is 1.79. The lowest BCUT2D eigenvalue weighted by Gasteiger charge is -2.16. The molecule has 28 heavy (non-hydrogen) atoms. The molecule has 1 amide bonds. The van der Waals surface area contributed by atoms with Gasteiger partial charge in [-0.25, -0.2) is 4.99 Å². The minimum Gasteiger partial charge on any atom is -0.268 e. The Labute approximate surface area is 180 Å². The Bertz CT molecular complexity index is 1120. The van der Waals surface area contributed by atoms with Gasteiger partial charge in [0.15, 0.2) is 5.17 Å². The molecule has 1 fully saturated rings. The third-order valence-corrected chi connectivity index (χ3v) is 6.70. The molecule has 0 atom stereocenters. The lowest BCUT2D eigenvalue weighted by atomic mass is 10.2. The number of hydrogen-bond donors (Lipinski definition) is 0. The van der Waals surface area contributed by atoms with Gasteiger partial charge < -0.3 is 0 Å². The Kier molecular flexibility index (Phi) is 5.53. The van der Waals surface area contributed by atoms with E-state index in [4.69, 9.17) is 4.99 Å². The standard InChI is InChI=1S/C22H17BrN2OS2/c1-14-5-3-7-16(11-14)24-22-25(17-8-4-6-15(2)12-17)21(26)19(28-22)13-18-9-10-20(23)27-18/h3-13H,1-2H3. The molecule has 3 aromatic rings. The van der Waals surface area contributed by atoms with E-state index >= 15 is 0 Å². The van der Waals surface area contributed by atoms with Gasteiger partial charge in [0.05, 0.1) is 20.1 Å². The van der Waals surface area contributed by atoms with Crippen LogP contribution in [0.1, 0.15) is 16.0 Å². The zero-order chi connectivity index (χ0) is 19.7. The molecule has 2 aromatic carbocycles. The number of carbonyl (C=O) groups excluding carboxylic acids is 1. The van der Waals surface area contributed by atoms with Crippen molar-refractivity contribution in [2.75, 3.05) is 4.90 Å². The number of rotatable bonds is 3. The number of nitrogens with zero attached hydrogens (tertiary/aromatic N) is 2. The molecule has 6 heteroatoms. The molecule has 0 unspecified atom stereocenters. The molecule has 0 radical (unpaired) electrons. The van der Waals surface area contributed by atoms with Gasteiger partial charge in [-0.15, -0.1) is 11.3 Å². The van der Waals surface area contributed by atoms with Crippen molar-refractivity contribution < 1.29 is 4.79 Å². The molecule has 3 nitrogen and oxygen atoms in total. The molecule has 1 aliphatic rings. The predicted molar refractivity (Wildman–Crippen MR) is 125 cm³/mol. The van der Waals surface area contributed by atoms with E-state index in [0.717, 1.165) is 31.2 Å². The summed E-state index contributed by atoms with van der Waals surface area (Å²) >= 11 is 6.49. The second kappa shape index (κ2) is 8.07. The van der Waals surface area contributed by atoms with Crippen LogP contribution in [0.3, 0.4) is 0 Å². The summed E-state index contributed by atoms with van der Waals surface area (Å²) in [7, 11) is 0. The molecule has 0 spiro atoms. The maximum Gasteiger partial charge on any atom is 0.271 e. The summed E-state index contributed by atoms with van der Waals surface area (Å²) in [5, 5.41) is 0.670. The van der Waals surface area contributed by atoms with E-state index < -0.39 is 0 Å². The molecule has 1 aliphatic heterocycles. The van der Waals surface area contributed by atoms with Gasteiger partial charge in [0.25, 0.3) is 5.91 Å². The number of carbonyl (C=O) groups is 1. The minimum atomic E-state index is -0.0495. The number of thioether (sulfide) groups is 1. The highest BCUT2D eigenvalue weighted by molar-refractivity contribution is 9.11. The van der Waals surface area contributed by atoms with Crippen LogP contribution in [-0.2, 0) is 4.79 Å². The maximum absolute atomic E-state index is 13.2. The van der Waals surface area contributed by atoms with Crippen LogP contribution in [-0.4, -0.2) is 11.1 Å². The van der Waals surface area contributed by atoms with Crippen molar-refractivity contribution in [3.8, 4) is 0 Å². The second-order valence-corrected chi connectivity index (χ2v) is 9.97. The van der Waals surface area contributed by atoms with Crippen molar-refractivity contribution in [2.45, 2.75) is 13.8 Å². The number of anilines is 1. The SMILES string of the molecule is Cc1cccc(N=C2SC(=Cc3ccc(Br)s3)C(=O)N2c2cccc(C)c2)c1. The number of aliphatic imine (C=N–C) groups is 1. The van der Waals surface area contributed by atoms with Gasteiger partial charge in [0.2, 0.25) is 0 Å². The van der Waals surface area contributed by atoms with Crippen molar-refractivity contribution in [3.05, 3.63) is 85.4 Å². The van der Waals surface area contributed by atoms with Crippen molar-refractivity contribution in [2.24, 2.45) is 4.99 Å². The van der Waals surface area contributed by atoms with E-state index in [1.165, 1.54) is 11.8 Å². The lowest BCUT2D eigenvalue weighted by Crippen LogP contribution is -2.28. The summed E-state index contributed by atoms with van der Waals surface area (Å²) in [6, 6.07) is 19.9. The fourth-order valence-corrected chi connectivity index (χ4v) is 5.32. The molecule has 0 aliphatic carbocycles. The number of halogens is 1. The summed E-state index contributed by atoms with van der Waals surface area (Å²) in [6.45, 7) is 4.06. The summed E-state index contributed by atoms with van der Waals surface area (Å²) in [5.74, 6) is -0.0495. The first-order valence-corrected chi connectivity index (χ1v) is 11.1. The quantitative estimate of drug-likeness (QED) is 0.390. The van der Waals surface area contributed by atoms with Gasteiger partial charge in [-0.05, 0) is 95.1 Å². The highest BCUT2D eigenvalue weighted by Gasteiger charge is 2.34. The van der Waals surface area contributed by atoms with E-state index in [2.05, 4.69) is 15.9 Å². The number of amides is 1. The molecule has 4 rings (SSSR count). The third kappa shape index (κ3) is 4.14. The first-order chi connectivity index (χ1) is 13.5. The van der Waals surface area contributed by atoms with Gasteiger partial charge in [0, 0.05) is 4.88 Å². The van der Waals surface area contributed by atoms with Crippen LogP contribution in [0.15, 0.2) is 74.3 Å². The maximum atomic E-state index is 13.2. The average Bonchev–Trinajstić information content (AvgIpc) is 3.18. The highest BCUT2D eigenvalue weighted by atomic mass is 79.9. The largest absolute Gasteiger partial charge is 0.271 e. The first-order valence-electron chi connectivity index (χ1n) is 8.71.